The summed E-state index contributed by atoms with van der Waals surface area (Å²) in [5.41, 5.74) is 1.04. The van der Waals surface area contributed by atoms with Crippen molar-refractivity contribution in [3.05, 3.63) is 65.2 Å². The van der Waals surface area contributed by atoms with Gasteiger partial charge in [-0.05, 0) is 35.4 Å². The lowest BCUT2D eigenvalue weighted by Gasteiger charge is -2.04. The monoisotopic (exact) mass is 310 g/mol. The first-order valence-corrected chi connectivity index (χ1v) is 7.40. The van der Waals surface area contributed by atoms with Gasteiger partial charge in [-0.25, -0.2) is 8.78 Å². The van der Waals surface area contributed by atoms with Gasteiger partial charge < -0.3 is 5.11 Å². The van der Waals surface area contributed by atoms with Gasteiger partial charge in [-0.1, -0.05) is 18.2 Å². The zero-order valence-corrected chi connectivity index (χ0v) is 11.7. The highest BCUT2D eigenvalue weighted by molar-refractivity contribution is 7.84. The summed E-state index contributed by atoms with van der Waals surface area (Å²) in [6, 6.07) is 9.74. The van der Waals surface area contributed by atoms with Crippen molar-refractivity contribution in [3.63, 3.8) is 0 Å². The minimum atomic E-state index is -1.41. The Morgan fingerprint density at radius 2 is 1.62 bits per heavy atom. The molecule has 110 valence electrons. The summed E-state index contributed by atoms with van der Waals surface area (Å²) in [7, 11) is -1.41. The maximum Gasteiger partial charge on any atom is 0.307 e. The van der Waals surface area contributed by atoms with Crippen molar-refractivity contribution in [1.29, 1.82) is 0 Å². The first kappa shape index (κ1) is 15.3. The number of hydrogen-bond acceptors (Lipinski definition) is 2. The van der Waals surface area contributed by atoms with E-state index in [1.165, 1.54) is 6.07 Å². The predicted octanol–water partition coefficient (Wildman–Crippen LogP) is 2.90. The molecule has 0 aliphatic heterocycles. The molecule has 3 nitrogen and oxygen atoms in total. The largest absolute Gasteiger partial charge is 0.481 e. The predicted molar refractivity (Wildman–Crippen MR) is 74.3 cm³/mol. The van der Waals surface area contributed by atoms with E-state index >= 15 is 0 Å². The molecule has 1 N–H and O–H groups in total. The van der Waals surface area contributed by atoms with Crippen molar-refractivity contribution in [3.8, 4) is 0 Å². The normalized spacial score (nSPS) is 12.1. The van der Waals surface area contributed by atoms with Gasteiger partial charge in [0.15, 0.2) is 11.6 Å². The Balaban J connectivity index is 2.09. The number of benzene rings is 2. The van der Waals surface area contributed by atoms with Crippen molar-refractivity contribution in [2.24, 2.45) is 0 Å². The van der Waals surface area contributed by atoms with E-state index in [1.807, 2.05) is 0 Å². The van der Waals surface area contributed by atoms with Crippen LogP contribution in [-0.2, 0) is 27.8 Å². The Morgan fingerprint density at radius 1 is 1.00 bits per heavy atom. The number of carbonyl (C=O) groups is 1. The number of hydrogen-bond donors (Lipinski definition) is 1. The van der Waals surface area contributed by atoms with E-state index in [-0.39, 0.29) is 12.2 Å². The number of carboxylic acid groups (broad SMARTS) is 1. The molecule has 1 atom stereocenters. The molecule has 0 spiro atoms. The number of carboxylic acids is 1. The van der Waals surface area contributed by atoms with Gasteiger partial charge in [0.1, 0.15) is 0 Å². The van der Waals surface area contributed by atoms with E-state index in [0.717, 1.165) is 12.1 Å². The van der Waals surface area contributed by atoms with E-state index in [4.69, 9.17) is 5.11 Å². The third kappa shape index (κ3) is 4.19. The first-order chi connectivity index (χ1) is 9.95. The molecule has 0 radical (unpaired) electrons. The SMILES string of the molecule is O=C(O)Cc1ccc(S(=O)Cc2ccc(F)c(F)c2)cc1. The average Bonchev–Trinajstić information content (AvgIpc) is 2.43. The van der Waals surface area contributed by atoms with Gasteiger partial charge in [0.2, 0.25) is 0 Å². The maximum atomic E-state index is 13.1. The van der Waals surface area contributed by atoms with Crippen LogP contribution in [0.1, 0.15) is 11.1 Å². The lowest BCUT2D eigenvalue weighted by molar-refractivity contribution is -0.136. The molecule has 0 fully saturated rings. The summed E-state index contributed by atoms with van der Waals surface area (Å²) in [5.74, 6) is -2.79. The van der Waals surface area contributed by atoms with Gasteiger partial charge in [-0.15, -0.1) is 0 Å². The molecule has 6 heteroatoms. The Kier molecular flexibility index (Phi) is 4.80. The minimum absolute atomic E-state index is 0.0650. The van der Waals surface area contributed by atoms with Gasteiger partial charge in [0.05, 0.1) is 23.0 Å². The van der Waals surface area contributed by atoms with Crippen LogP contribution >= 0.6 is 0 Å². The Bertz CT molecular complexity index is 684. The van der Waals surface area contributed by atoms with Crippen LogP contribution in [0.4, 0.5) is 8.78 Å². The summed E-state index contributed by atoms with van der Waals surface area (Å²) >= 11 is 0. The maximum absolute atomic E-state index is 13.1. The molecule has 0 amide bonds. The highest BCUT2D eigenvalue weighted by atomic mass is 32.2. The standard InChI is InChI=1S/C15H12F2O3S/c16-13-6-3-11(7-14(13)17)9-21(20)12-4-1-10(2-5-12)8-15(18)19/h1-7H,8-9H2,(H,18,19). The number of rotatable bonds is 5. The van der Waals surface area contributed by atoms with Gasteiger partial charge in [-0.2, -0.15) is 0 Å². The van der Waals surface area contributed by atoms with E-state index in [2.05, 4.69) is 0 Å². The van der Waals surface area contributed by atoms with E-state index in [1.54, 1.807) is 24.3 Å². The van der Waals surface area contributed by atoms with E-state index < -0.39 is 28.4 Å². The van der Waals surface area contributed by atoms with E-state index in [0.29, 0.717) is 16.0 Å². The van der Waals surface area contributed by atoms with Gasteiger partial charge in [0, 0.05) is 4.90 Å². The summed E-state index contributed by atoms with van der Waals surface area (Å²) in [4.78, 5) is 11.1. The van der Waals surface area contributed by atoms with Crippen molar-refractivity contribution in [2.75, 3.05) is 0 Å². The van der Waals surface area contributed by atoms with Crippen molar-refractivity contribution >= 4 is 16.8 Å². The smallest absolute Gasteiger partial charge is 0.307 e. The van der Waals surface area contributed by atoms with Crippen LogP contribution in [0.15, 0.2) is 47.4 Å². The summed E-state index contributed by atoms with van der Waals surface area (Å²) in [6.45, 7) is 0. The fourth-order valence-corrected chi connectivity index (χ4v) is 2.89. The molecular weight excluding hydrogens is 298 g/mol. The molecule has 21 heavy (non-hydrogen) atoms. The van der Waals surface area contributed by atoms with Crippen LogP contribution in [0.2, 0.25) is 0 Å². The molecular formula is C15H12F2O3S. The molecule has 1 unspecified atom stereocenters. The molecule has 0 heterocycles. The van der Waals surface area contributed by atoms with Crippen molar-refractivity contribution in [1.82, 2.24) is 0 Å². The third-order valence-electron chi connectivity index (χ3n) is 2.82. The molecule has 0 saturated heterocycles. The Morgan fingerprint density at radius 3 is 2.19 bits per heavy atom. The highest BCUT2D eigenvalue weighted by Gasteiger charge is 2.09. The number of halogens is 2. The summed E-state index contributed by atoms with van der Waals surface area (Å²) < 4.78 is 38.0. The topological polar surface area (TPSA) is 54.4 Å². The van der Waals surface area contributed by atoms with Crippen LogP contribution in [0, 0.1) is 11.6 Å². The van der Waals surface area contributed by atoms with Crippen LogP contribution in [0.3, 0.4) is 0 Å². The van der Waals surface area contributed by atoms with Crippen molar-refractivity contribution in [2.45, 2.75) is 17.1 Å². The van der Waals surface area contributed by atoms with E-state index in [9.17, 15) is 17.8 Å². The minimum Gasteiger partial charge on any atom is -0.481 e. The second-order valence-electron chi connectivity index (χ2n) is 4.45. The lowest BCUT2D eigenvalue weighted by Crippen LogP contribution is -2.01. The molecule has 2 aromatic carbocycles. The second-order valence-corrected chi connectivity index (χ2v) is 5.90. The first-order valence-electron chi connectivity index (χ1n) is 6.09. The van der Waals surface area contributed by atoms with Crippen molar-refractivity contribution < 1.29 is 22.9 Å². The van der Waals surface area contributed by atoms with Crippen LogP contribution in [0.5, 0.6) is 0 Å². The van der Waals surface area contributed by atoms with Crippen LogP contribution in [0.25, 0.3) is 0 Å². The molecule has 0 saturated carbocycles. The van der Waals surface area contributed by atoms with Gasteiger partial charge in [0.25, 0.3) is 0 Å². The Hall–Kier alpha value is -2.08. The quantitative estimate of drug-likeness (QED) is 0.924. The molecule has 2 aromatic rings. The molecule has 2 rings (SSSR count). The molecule has 0 aliphatic rings. The second kappa shape index (κ2) is 6.58. The number of aliphatic carboxylic acids is 1. The fraction of sp³-hybridized carbons (Fsp3) is 0.133. The van der Waals surface area contributed by atoms with Gasteiger partial charge in [-0.3, -0.25) is 9.00 Å². The zero-order chi connectivity index (χ0) is 15.4. The van der Waals surface area contributed by atoms with Crippen LogP contribution < -0.4 is 0 Å². The molecule has 0 aliphatic carbocycles. The highest BCUT2D eigenvalue weighted by Crippen LogP contribution is 2.16. The lowest BCUT2D eigenvalue weighted by atomic mass is 10.2. The molecule has 0 aromatic heterocycles. The fourth-order valence-electron chi connectivity index (χ4n) is 1.80. The zero-order valence-electron chi connectivity index (χ0n) is 10.9. The third-order valence-corrected chi connectivity index (χ3v) is 4.22. The average molecular weight is 310 g/mol. The Labute approximate surface area is 122 Å². The summed E-state index contributed by atoms with van der Waals surface area (Å²) in [6.07, 6.45) is -0.101. The summed E-state index contributed by atoms with van der Waals surface area (Å²) in [5, 5.41) is 8.66. The van der Waals surface area contributed by atoms with Gasteiger partial charge >= 0.3 is 5.97 Å². The molecule has 0 bridgehead atoms. The van der Waals surface area contributed by atoms with Crippen LogP contribution in [-0.4, -0.2) is 15.3 Å².